The zero-order valence-corrected chi connectivity index (χ0v) is 8.67. The normalized spacial score (nSPS) is 8.54. The lowest BCUT2D eigenvalue weighted by Gasteiger charge is -1.92. The molecule has 0 saturated heterocycles. The van der Waals surface area contributed by atoms with Crippen LogP contribution in [-0.2, 0) is 0 Å². The topological polar surface area (TPSA) is 56.0 Å². The third-order valence-electron chi connectivity index (χ3n) is 1.14. The second-order valence-corrected chi connectivity index (χ2v) is 2.64. The molecule has 0 aliphatic heterocycles. The van der Waals surface area contributed by atoms with E-state index in [1.807, 2.05) is 20.1 Å². The van der Waals surface area contributed by atoms with Crippen LogP contribution in [0.4, 0.5) is 5.69 Å². The van der Waals surface area contributed by atoms with Gasteiger partial charge < -0.3 is 0 Å². The second kappa shape index (κ2) is 6.42. The van der Waals surface area contributed by atoms with Gasteiger partial charge in [0.25, 0.3) is 5.69 Å². The fourth-order valence-corrected chi connectivity index (χ4v) is 0.963. The van der Waals surface area contributed by atoms with Crippen molar-refractivity contribution in [2.75, 3.05) is 6.26 Å². The Labute approximate surface area is 81.5 Å². The number of thioether (sulfide) groups is 1. The van der Waals surface area contributed by atoms with Crippen molar-refractivity contribution in [3.8, 4) is 0 Å². The van der Waals surface area contributed by atoms with Crippen LogP contribution in [0.25, 0.3) is 0 Å². The van der Waals surface area contributed by atoms with E-state index in [2.05, 4.69) is 4.98 Å². The molecule has 72 valence electrons. The van der Waals surface area contributed by atoms with Crippen molar-refractivity contribution in [1.82, 2.24) is 4.98 Å². The maximum absolute atomic E-state index is 10.2. The molecule has 0 aliphatic carbocycles. The zero-order chi connectivity index (χ0) is 10.3. The van der Waals surface area contributed by atoms with Gasteiger partial charge >= 0.3 is 0 Å². The van der Waals surface area contributed by atoms with E-state index >= 15 is 0 Å². The summed E-state index contributed by atoms with van der Waals surface area (Å²) in [6.07, 6.45) is 3.12. The Morgan fingerprint density at radius 3 is 2.38 bits per heavy atom. The Balaban J connectivity index is 0.000000671. The molecule has 0 saturated carbocycles. The number of hydrogen-bond donors (Lipinski definition) is 0. The van der Waals surface area contributed by atoms with Gasteiger partial charge in [-0.1, -0.05) is 13.8 Å². The molecule has 1 rings (SSSR count). The standard InChI is InChI=1S/C6H6N2O2S.C2H6/c1-11-6-3-2-5(4-7-6)8(9)10;1-2/h2-4H,1H3;1-2H3. The van der Waals surface area contributed by atoms with E-state index in [9.17, 15) is 10.1 Å². The monoisotopic (exact) mass is 200 g/mol. The van der Waals surface area contributed by atoms with E-state index in [1.165, 1.54) is 24.0 Å². The van der Waals surface area contributed by atoms with Crippen LogP contribution < -0.4 is 0 Å². The van der Waals surface area contributed by atoms with Crippen LogP contribution in [-0.4, -0.2) is 16.2 Å². The first-order chi connectivity index (χ1) is 6.24. The number of nitro groups is 1. The Hall–Kier alpha value is -1.10. The van der Waals surface area contributed by atoms with Crippen molar-refractivity contribution in [3.05, 3.63) is 28.4 Å². The molecule has 0 atom stereocenters. The fraction of sp³-hybridized carbons (Fsp3) is 0.375. The minimum absolute atomic E-state index is 0.0304. The summed E-state index contributed by atoms with van der Waals surface area (Å²) in [5, 5.41) is 10.9. The van der Waals surface area contributed by atoms with Crippen molar-refractivity contribution in [1.29, 1.82) is 0 Å². The Morgan fingerprint density at radius 1 is 1.46 bits per heavy atom. The van der Waals surface area contributed by atoms with Gasteiger partial charge in [0.2, 0.25) is 0 Å². The molecule has 0 unspecified atom stereocenters. The molecule has 1 heterocycles. The predicted octanol–water partition coefficient (Wildman–Crippen LogP) is 2.74. The van der Waals surface area contributed by atoms with E-state index in [4.69, 9.17) is 0 Å². The molecule has 5 heteroatoms. The highest BCUT2D eigenvalue weighted by Crippen LogP contribution is 2.14. The molecule has 0 spiro atoms. The molecule has 0 aromatic carbocycles. The van der Waals surface area contributed by atoms with Crippen LogP contribution in [0.1, 0.15) is 13.8 Å². The van der Waals surface area contributed by atoms with Gasteiger partial charge in [0.1, 0.15) is 6.20 Å². The van der Waals surface area contributed by atoms with Crippen molar-refractivity contribution < 1.29 is 4.92 Å². The number of pyridine rings is 1. The smallest absolute Gasteiger partial charge is 0.258 e. The minimum Gasteiger partial charge on any atom is -0.258 e. The maximum atomic E-state index is 10.2. The van der Waals surface area contributed by atoms with E-state index in [-0.39, 0.29) is 5.69 Å². The van der Waals surface area contributed by atoms with Gasteiger partial charge in [0.05, 0.1) is 9.95 Å². The van der Waals surface area contributed by atoms with Gasteiger partial charge in [-0.2, -0.15) is 0 Å². The molecule has 0 N–H and O–H groups in total. The molecule has 0 fully saturated rings. The summed E-state index contributed by atoms with van der Waals surface area (Å²) in [5.41, 5.74) is 0.0304. The van der Waals surface area contributed by atoms with Crippen LogP contribution >= 0.6 is 11.8 Å². The van der Waals surface area contributed by atoms with E-state index < -0.39 is 4.92 Å². The van der Waals surface area contributed by atoms with Gasteiger partial charge in [-0.25, -0.2) is 4.98 Å². The quantitative estimate of drug-likeness (QED) is 0.418. The van der Waals surface area contributed by atoms with E-state index in [1.54, 1.807) is 6.07 Å². The van der Waals surface area contributed by atoms with Crippen LogP contribution in [0.2, 0.25) is 0 Å². The predicted molar refractivity (Wildman–Crippen MR) is 54.0 cm³/mol. The van der Waals surface area contributed by atoms with Gasteiger partial charge in [-0.05, 0) is 12.3 Å². The molecular weight excluding hydrogens is 188 g/mol. The van der Waals surface area contributed by atoms with Crippen molar-refractivity contribution in [2.45, 2.75) is 18.9 Å². The summed E-state index contributed by atoms with van der Waals surface area (Å²) < 4.78 is 0. The molecule has 1 aromatic rings. The van der Waals surface area contributed by atoms with Gasteiger partial charge in [0, 0.05) is 6.07 Å². The summed E-state index contributed by atoms with van der Waals surface area (Å²) >= 11 is 1.46. The van der Waals surface area contributed by atoms with Crippen LogP contribution in [0.5, 0.6) is 0 Å². The Kier molecular flexibility index (Phi) is 5.88. The summed E-state index contributed by atoms with van der Waals surface area (Å²) in [5.74, 6) is 0. The van der Waals surface area contributed by atoms with Gasteiger partial charge in [-0.15, -0.1) is 11.8 Å². The highest BCUT2D eigenvalue weighted by molar-refractivity contribution is 7.98. The summed E-state index contributed by atoms with van der Waals surface area (Å²) in [6, 6.07) is 3.07. The molecule has 13 heavy (non-hydrogen) atoms. The third-order valence-corrected chi connectivity index (χ3v) is 1.80. The highest BCUT2D eigenvalue weighted by atomic mass is 32.2. The SMILES string of the molecule is CC.CSc1ccc([N+](=O)[O-])cn1. The van der Waals surface area contributed by atoms with Gasteiger partial charge in [0.15, 0.2) is 0 Å². The number of nitrogens with zero attached hydrogens (tertiary/aromatic N) is 2. The highest BCUT2D eigenvalue weighted by Gasteiger charge is 2.03. The van der Waals surface area contributed by atoms with Gasteiger partial charge in [-0.3, -0.25) is 10.1 Å². The number of hydrogen-bond acceptors (Lipinski definition) is 4. The Bertz CT molecular complexity index is 261. The molecule has 0 aliphatic rings. The molecular formula is C8H12N2O2S. The number of rotatable bonds is 2. The molecule has 0 bridgehead atoms. The van der Waals surface area contributed by atoms with E-state index in [0.717, 1.165) is 5.03 Å². The molecule has 1 aromatic heterocycles. The lowest BCUT2D eigenvalue weighted by Crippen LogP contribution is -1.88. The lowest BCUT2D eigenvalue weighted by molar-refractivity contribution is -0.385. The van der Waals surface area contributed by atoms with Crippen molar-refractivity contribution >= 4 is 17.4 Å². The van der Waals surface area contributed by atoms with Crippen molar-refractivity contribution in [3.63, 3.8) is 0 Å². The first-order valence-corrected chi connectivity index (χ1v) is 5.11. The Morgan fingerprint density at radius 2 is 2.08 bits per heavy atom. The average molecular weight is 200 g/mol. The molecule has 4 nitrogen and oxygen atoms in total. The van der Waals surface area contributed by atoms with E-state index in [0.29, 0.717) is 0 Å². The summed E-state index contributed by atoms with van der Waals surface area (Å²) in [4.78, 5) is 13.5. The summed E-state index contributed by atoms with van der Waals surface area (Å²) in [7, 11) is 0. The largest absolute Gasteiger partial charge is 0.287 e. The van der Waals surface area contributed by atoms with Crippen LogP contribution in [0.15, 0.2) is 23.4 Å². The summed E-state index contributed by atoms with van der Waals surface area (Å²) in [6.45, 7) is 4.00. The third kappa shape index (κ3) is 3.89. The first-order valence-electron chi connectivity index (χ1n) is 3.88. The molecule has 0 radical (unpaired) electrons. The van der Waals surface area contributed by atoms with Crippen LogP contribution in [0, 0.1) is 10.1 Å². The second-order valence-electron chi connectivity index (χ2n) is 1.82. The first kappa shape index (κ1) is 11.9. The maximum Gasteiger partial charge on any atom is 0.287 e. The zero-order valence-electron chi connectivity index (χ0n) is 7.85. The minimum atomic E-state index is -0.461. The van der Waals surface area contributed by atoms with Crippen molar-refractivity contribution in [2.24, 2.45) is 0 Å². The van der Waals surface area contributed by atoms with Crippen LogP contribution in [0.3, 0.4) is 0 Å². The lowest BCUT2D eigenvalue weighted by atomic mass is 10.4. The molecule has 0 amide bonds. The average Bonchev–Trinajstić information content (AvgIpc) is 2.21. The fourth-order valence-electron chi connectivity index (χ4n) is 0.601. The number of aromatic nitrogens is 1.